The number of rotatable bonds is 3. The number of hydrogen-bond donors (Lipinski definition) is 2. The summed E-state index contributed by atoms with van der Waals surface area (Å²) in [5, 5.41) is 5.78. The topological polar surface area (TPSA) is 67.4 Å². The molecule has 0 spiro atoms. The summed E-state index contributed by atoms with van der Waals surface area (Å²) in [6, 6.07) is 11.3. The molecule has 1 aliphatic rings. The molecule has 0 unspecified atom stereocenters. The largest absolute Gasteiger partial charge is 0.491 e. The lowest BCUT2D eigenvalue weighted by Crippen LogP contribution is -2.16. The lowest BCUT2D eigenvalue weighted by atomic mass is 10.1. The summed E-state index contributed by atoms with van der Waals surface area (Å²) in [6.45, 7) is 4.31. The van der Waals surface area contributed by atoms with Gasteiger partial charge in [-0.2, -0.15) is 0 Å². The normalized spacial score (nSPS) is 13.3. The Hall–Kier alpha value is -2.82. The van der Waals surface area contributed by atoms with E-state index in [4.69, 9.17) is 4.74 Å². The third kappa shape index (κ3) is 3.56. The number of fused-ring (bicyclic) bond motifs is 1. The van der Waals surface area contributed by atoms with Gasteiger partial charge in [-0.15, -0.1) is 0 Å². The van der Waals surface area contributed by atoms with Crippen LogP contribution < -0.4 is 15.4 Å². The Kier molecular flexibility index (Phi) is 4.51. The molecule has 0 aromatic heterocycles. The minimum Gasteiger partial charge on any atom is -0.491 e. The van der Waals surface area contributed by atoms with Gasteiger partial charge in [0.15, 0.2) is 0 Å². The molecule has 0 fully saturated rings. The number of benzene rings is 2. The fourth-order valence-corrected chi connectivity index (χ4v) is 2.76. The second-order valence-electron chi connectivity index (χ2n) is 5.97. The maximum atomic E-state index is 12.4. The Morgan fingerprint density at radius 3 is 2.71 bits per heavy atom. The second kappa shape index (κ2) is 6.74. The fourth-order valence-electron chi connectivity index (χ4n) is 2.76. The van der Waals surface area contributed by atoms with Crippen molar-refractivity contribution in [1.82, 2.24) is 0 Å². The van der Waals surface area contributed by atoms with Gasteiger partial charge >= 0.3 is 0 Å². The summed E-state index contributed by atoms with van der Waals surface area (Å²) in [6.07, 6.45) is 0.563. The molecule has 0 atom stereocenters. The molecule has 2 amide bonds. The van der Waals surface area contributed by atoms with Crippen molar-refractivity contribution in [1.29, 1.82) is 0 Å². The Bertz CT molecular complexity index is 779. The van der Waals surface area contributed by atoms with E-state index in [2.05, 4.69) is 10.6 Å². The number of para-hydroxylation sites is 1. The maximum absolute atomic E-state index is 12.4. The summed E-state index contributed by atoms with van der Waals surface area (Å²) in [5.74, 6) is 0.471. The average Bonchev–Trinajstić information content (AvgIpc) is 2.71. The van der Waals surface area contributed by atoms with Gasteiger partial charge < -0.3 is 15.4 Å². The van der Waals surface area contributed by atoms with Crippen LogP contribution in [0, 0.1) is 13.8 Å². The Balaban J connectivity index is 1.74. The van der Waals surface area contributed by atoms with E-state index in [-0.39, 0.29) is 18.2 Å². The van der Waals surface area contributed by atoms with Crippen molar-refractivity contribution in [2.24, 2.45) is 0 Å². The van der Waals surface area contributed by atoms with Gasteiger partial charge in [-0.05, 0) is 42.7 Å². The zero-order chi connectivity index (χ0) is 17.1. The molecule has 5 heteroatoms. The van der Waals surface area contributed by atoms with Gasteiger partial charge in [-0.25, -0.2) is 0 Å². The predicted octanol–water partition coefficient (Wildman–Crippen LogP) is 3.21. The Morgan fingerprint density at radius 1 is 1.21 bits per heavy atom. The fraction of sp³-hybridized carbons (Fsp3) is 0.263. The van der Waals surface area contributed by atoms with Crippen molar-refractivity contribution in [3.63, 3.8) is 0 Å². The maximum Gasteiger partial charge on any atom is 0.228 e. The molecule has 0 saturated carbocycles. The number of amides is 2. The van der Waals surface area contributed by atoms with Crippen LogP contribution in [0.2, 0.25) is 0 Å². The molecule has 2 aromatic rings. The van der Waals surface area contributed by atoms with E-state index in [1.165, 1.54) is 0 Å². The molecule has 0 radical (unpaired) electrons. The van der Waals surface area contributed by atoms with Gasteiger partial charge in [0.25, 0.3) is 0 Å². The van der Waals surface area contributed by atoms with E-state index < -0.39 is 0 Å². The van der Waals surface area contributed by atoms with Gasteiger partial charge in [0.1, 0.15) is 5.75 Å². The molecule has 124 valence electrons. The number of hydrogen-bond acceptors (Lipinski definition) is 3. The third-order valence-corrected chi connectivity index (χ3v) is 4.01. The van der Waals surface area contributed by atoms with Crippen LogP contribution in [0.4, 0.5) is 11.4 Å². The number of nitrogens with one attached hydrogen (secondary N) is 2. The van der Waals surface area contributed by atoms with Crippen molar-refractivity contribution in [3.8, 4) is 5.75 Å². The first-order valence-electron chi connectivity index (χ1n) is 7.94. The molecule has 2 aromatic carbocycles. The molecule has 2 N–H and O–H groups in total. The van der Waals surface area contributed by atoms with Crippen LogP contribution in [-0.4, -0.2) is 18.4 Å². The zero-order valence-electron chi connectivity index (χ0n) is 13.8. The summed E-state index contributed by atoms with van der Waals surface area (Å²) in [7, 11) is 0. The Morgan fingerprint density at radius 2 is 1.96 bits per heavy atom. The van der Waals surface area contributed by atoms with Crippen molar-refractivity contribution < 1.29 is 14.3 Å². The van der Waals surface area contributed by atoms with E-state index in [9.17, 15) is 9.59 Å². The monoisotopic (exact) mass is 324 g/mol. The smallest absolute Gasteiger partial charge is 0.228 e. The van der Waals surface area contributed by atoms with Crippen molar-refractivity contribution in [2.45, 2.75) is 26.7 Å². The molecule has 1 heterocycles. The predicted molar refractivity (Wildman–Crippen MR) is 93.4 cm³/mol. The third-order valence-electron chi connectivity index (χ3n) is 4.01. The summed E-state index contributed by atoms with van der Waals surface area (Å²) < 4.78 is 5.52. The highest BCUT2D eigenvalue weighted by Crippen LogP contribution is 2.28. The quantitative estimate of drug-likeness (QED) is 0.911. The minimum atomic E-state index is -0.0896. The van der Waals surface area contributed by atoms with Crippen LogP contribution in [0.25, 0.3) is 0 Å². The van der Waals surface area contributed by atoms with Gasteiger partial charge in [0.05, 0.1) is 25.1 Å². The molecule has 24 heavy (non-hydrogen) atoms. The molecule has 5 nitrogen and oxygen atoms in total. The van der Waals surface area contributed by atoms with Crippen LogP contribution >= 0.6 is 0 Å². The molecular weight excluding hydrogens is 304 g/mol. The van der Waals surface area contributed by atoms with Crippen molar-refractivity contribution in [2.75, 3.05) is 17.2 Å². The Labute approximate surface area is 141 Å². The molecular formula is C19H20N2O3. The standard InChI is InChI=1S/C19H20N2O3/c1-12-4-3-5-13(2)19(12)21-18(23)11-14-6-7-16-15(10-14)20-17(22)8-9-24-16/h3-7,10H,8-9,11H2,1-2H3,(H,20,22)(H,21,23). The number of carbonyl (C=O) groups is 2. The number of carbonyl (C=O) groups excluding carboxylic acids is 2. The first-order valence-corrected chi connectivity index (χ1v) is 7.94. The van der Waals surface area contributed by atoms with Crippen LogP contribution in [-0.2, 0) is 16.0 Å². The highest BCUT2D eigenvalue weighted by atomic mass is 16.5. The van der Waals surface area contributed by atoms with E-state index >= 15 is 0 Å². The second-order valence-corrected chi connectivity index (χ2v) is 5.97. The average molecular weight is 324 g/mol. The van der Waals surface area contributed by atoms with Gasteiger partial charge in [0, 0.05) is 5.69 Å². The zero-order valence-corrected chi connectivity index (χ0v) is 13.8. The van der Waals surface area contributed by atoms with Crippen molar-refractivity contribution >= 4 is 23.2 Å². The van der Waals surface area contributed by atoms with Crippen molar-refractivity contribution in [3.05, 3.63) is 53.1 Å². The first-order chi connectivity index (χ1) is 11.5. The van der Waals surface area contributed by atoms with Gasteiger partial charge in [-0.1, -0.05) is 24.3 Å². The van der Waals surface area contributed by atoms with E-state index in [1.54, 1.807) is 12.1 Å². The van der Waals surface area contributed by atoms with Crippen LogP contribution in [0.15, 0.2) is 36.4 Å². The van der Waals surface area contributed by atoms with Crippen LogP contribution in [0.1, 0.15) is 23.1 Å². The highest BCUT2D eigenvalue weighted by Gasteiger charge is 2.15. The number of ether oxygens (including phenoxy) is 1. The van der Waals surface area contributed by atoms with Gasteiger partial charge in [0.2, 0.25) is 11.8 Å². The minimum absolute atomic E-state index is 0.0779. The molecule has 1 aliphatic heterocycles. The number of anilines is 2. The first kappa shape index (κ1) is 16.1. The summed E-state index contributed by atoms with van der Waals surface area (Å²) >= 11 is 0. The lowest BCUT2D eigenvalue weighted by Gasteiger charge is -2.12. The van der Waals surface area contributed by atoms with Gasteiger partial charge in [-0.3, -0.25) is 9.59 Å². The summed E-state index contributed by atoms with van der Waals surface area (Å²) in [4.78, 5) is 24.0. The van der Waals surface area contributed by atoms with E-state index in [0.29, 0.717) is 24.5 Å². The lowest BCUT2D eigenvalue weighted by molar-refractivity contribution is -0.116. The highest BCUT2D eigenvalue weighted by molar-refractivity contribution is 5.95. The molecule has 3 rings (SSSR count). The van der Waals surface area contributed by atoms with E-state index in [1.807, 2.05) is 38.1 Å². The molecule has 0 aliphatic carbocycles. The SMILES string of the molecule is Cc1cccc(C)c1NC(=O)Cc1ccc2c(c1)NC(=O)CCO2. The summed E-state index contributed by atoms with van der Waals surface area (Å²) in [5.41, 5.74) is 4.36. The van der Waals surface area contributed by atoms with Crippen LogP contribution in [0.5, 0.6) is 5.75 Å². The molecule has 0 bridgehead atoms. The number of aryl methyl sites for hydroxylation is 2. The molecule has 0 saturated heterocycles. The van der Waals surface area contributed by atoms with Crippen LogP contribution in [0.3, 0.4) is 0 Å². The van der Waals surface area contributed by atoms with E-state index in [0.717, 1.165) is 22.4 Å².